The van der Waals surface area contributed by atoms with E-state index in [1.54, 1.807) is 6.26 Å². The monoisotopic (exact) mass is 204 g/mol. The van der Waals surface area contributed by atoms with Crippen LogP contribution in [0.4, 0.5) is 0 Å². The third-order valence-corrected chi connectivity index (χ3v) is 2.34. The maximum Gasteiger partial charge on any atom is 0.350 e. The van der Waals surface area contributed by atoms with Gasteiger partial charge in [0.2, 0.25) is 5.12 Å². The summed E-state index contributed by atoms with van der Waals surface area (Å²) in [4.78, 5) is 21.4. The Hall–Kier alpha value is -0.950. The summed E-state index contributed by atoms with van der Waals surface area (Å²) in [6.45, 7) is 0. The number of rotatable bonds is 2. The third-order valence-electron chi connectivity index (χ3n) is 1.06. The van der Waals surface area contributed by atoms with Gasteiger partial charge in [0.05, 0.1) is 0 Å². The second kappa shape index (κ2) is 3.63. The van der Waals surface area contributed by atoms with E-state index in [9.17, 15) is 9.59 Å². The summed E-state index contributed by atoms with van der Waals surface area (Å²) in [5, 5.41) is 11.6. The van der Waals surface area contributed by atoms with E-state index in [2.05, 4.69) is 9.59 Å². The van der Waals surface area contributed by atoms with Crippen molar-refractivity contribution in [3.05, 3.63) is 10.6 Å². The SMILES string of the molecule is CSC(=O)c1nnsc1C(=O)O. The van der Waals surface area contributed by atoms with Gasteiger partial charge in [-0.05, 0) is 17.8 Å². The molecule has 1 N–H and O–H groups in total. The molecular formula is C5H4N2O3S2. The third kappa shape index (κ3) is 1.62. The molecular weight excluding hydrogens is 200 g/mol. The van der Waals surface area contributed by atoms with E-state index < -0.39 is 5.97 Å². The quantitative estimate of drug-likeness (QED) is 0.765. The molecule has 64 valence electrons. The van der Waals surface area contributed by atoms with Crippen molar-refractivity contribution >= 4 is 34.4 Å². The molecule has 0 aliphatic rings. The number of carbonyl (C=O) groups is 2. The van der Waals surface area contributed by atoms with Crippen LogP contribution >= 0.6 is 23.3 Å². The molecule has 0 aliphatic carbocycles. The highest BCUT2D eigenvalue weighted by molar-refractivity contribution is 8.13. The first kappa shape index (κ1) is 9.14. The number of nitrogens with zero attached hydrogens (tertiary/aromatic N) is 2. The number of aromatic carboxylic acids is 1. The van der Waals surface area contributed by atoms with Crippen molar-refractivity contribution in [3.8, 4) is 0 Å². The van der Waals surface area contributed by atoms with Crippen molar-refractivity contribution in [1.82, 2.24) is 9.59 Å². The molecule has 1 aromatic heterocycles. The number of carboxylic acid groups (broad SMARTS) is 1. The summed E-state index contributed by atoms with van der Waals surface area (Å²) in [6.07, 6.45) is 1.56. The van der Waals surface area contributed by atoms with Gasteiger partial charge < -0.3 is 5.11 Å². The molecule has 1 aromatic rings. The molecule has 0 saturated carbocycles. The largest absolute Gasteiger partial charge is 0.477 e. The predicted molar refractivity (Wildman–Crippen MR) is 44.7 cm³/mol. The van der Waals surface area contributed by atoms with E-state index in [1.807, 2.05) is 0 Å². The van der Waals surface area contributed by atoms with Crippen LogP contribution in [0.25, 0.3) is 0 Å². The fourth-order valence-electron chi connectivity index (χ4n) is 0.561. The van der Waals surface area contributed by atoms with Gasteiger partial charge in [0.1, 0.15) is 0 Å². The van der Waals surface area contributed by atoms with Crippen LogP contribution in [0, 0.1) is 0 Å². The number of aromatic nitrogens is 2. The first-order valence-corrected chi connectivity index (χ1v) is 4.80. The molecule has 0 aliphatic heterocycles. The van der Waals surface area contributed by atoms with E-state index in [4.69, 9.17) is 5.11 Å². The Morgan fingerprint density at radius 3 is 2.75 bits per heavy atom. The van der Waals surface area contributed by atoms with Crippen LogP contribution in [-0.2, 0) is 0 Å². The minimum absolute atomic E-state index is 0.0694. The Labute approximate surface area is 76.0 Å². The molecule has 0 atom stereocenters. The fourth-order valence-corrected chi connectivity index (χ4v) is 1.46. The number of hydrogen-bond donors (Lipinski definition) is 1. The lowest BCUT2D eigenvalue weighted by Gasteiger charge is -1.90. The van der Waals surface area contributed by atoms with Crippen molar-refractivity contribution in [3.63, 3.8) is 0 Å². The lowest BCUT2D eigenvalue weighted by Crippen LogP contribution is -2.02. The molecule has 7 heteroatoms. The average molecular weight is 204 g/mol. The molecule has 1 rings (SSSR count). The second-order valence-electron chi connectivity index (χ2n) is 1.75. The molecule has 0 bridgehead atoms. The first-order valence-electron chi connectivity index (χ1n) is 2.80. The molecule has 1 heterocycles. The Bertz CT molecular complexity index is 322. The van der Waals surface area contributed by atoms with Crippen molar-refractivity contribution in [2.45, 2.75) is 0 Å². The normalized spacial score (nSPS) is 9.75. The maximum atomic E-state index is 11.0. The summed E-state index contributed by atoms with van der Waals surface area (Å²) in [7, 11) is 0. The van der Waals surface area contributed by atoms with E-state index >= 15 is 0 Å². The Balaban J connectivity index is 3.07. The van der Waals surface area contributed by atoms with E-state index in [1.165, 1.54) is 0 Å². The minimum atomic E-state index is -1.16. The van der Waals surface area contributed by atoms with Gasteiger partial charge in [0.15, 0.2) is 10.6 Å². The lowest BCUT2D eigenvalue weighted by atomic mass is 10.4. The van der Waals surface area contributed by atoms with Crippen LogP contribution in [0.5, 0.6) is 0 Å². The van der Waals surface area contributed by atoms with Gasteiger partial charge in [-0.3, -0.25) is 4.79 Å². The van der Waals surface area contributed by atoms with Crippen LogP contribution in [0.1, 0.15) is 20.2 Å². The van der Waals surface area contributed by atoms with Gasteiger partial charge in [0.25, 0.3) is 0 Å². The Morgan fingerprint density at radius 1 is 1.58 bits per heavy atom. The summed E-state index contributed by atoms with van der Waals surface area (Å²) in [5.74, 6) is -1.16. The van der Waals surface area contributed by atoms with Gasteiger partial charge in [-0.2, -0.15) is 0 Å². The molecule has 0 fully saturated rings. The van der Waals surface area contributed by atoms with Crippen LogP contribution in [0.3, 0.4) is 0 Å². The highest BCUT2D eigenvalue weighted by atomic mass is 32.2. The molecule has 0 spiro atoms. The number of thioether (sulfide) groups is 1. The Morgan fingerprint density at radius 2 is 2.25 bits per heavy atom. The highest BCUT2D eigenvalue weighted by Gasteiger charge is 2.20. The summed E-state index contributed by atoms with van der Waals surface area (Å²) >= 11 is 1.62. The van der Waals surface area contributed by atoms with Crippen LogP contribution in [0.15, 0.2) is 0 Å². The lowest BCUT2D eigenvalue weighted by molar-refractivity contribution is 0.0698. The molecule has 5 nitrogen and oxygen atoms in total. The van der Waals surface area contributed by atoms with Gasteiger partial charge >= 0.3 is 5.97 Å². The Kier molecular flexibility index (Phi) is 2.77. The molecule has 0 saturated heterocycles. The zero-order valence-corrected chi connectivity index (χ0v) is 7.61. The zero-order chi connectivity index (χ0) is 9.14. The van der Waals surface area contributed by atoms with Crippen molar-refractivity contribution in [1.29, 1.82) is 0 Å². The van der Waals surface area contributed by atoms with Crippen LogP contribution < -0.4 is 0 Å². The van der Waals surface area contributed by atoms with Gasteiger partial charge in [-0.25, -0.2) is 4.79 Å². The smallest absolute Gasteiger partial charge is 0.350 e. The van der Waals surface area contributed by atoms with Crippen LogP contribution in [-0.4, -0.2) is 32.0 Å². The van der Waals surface area contributed by atoms with Crippen molar-refractivity contribution < 1.29 is 14.7 Å². The number of carbonyl (C=O) groups excluding carboxylic acids is 1. The topological polar surface area (TPSA) is 80.2 Å². The number of carboxylic acids is 1. The standard InChI is InChI=1S/C5H4N2O3S2/c1-11-5(10)2-3(4(8)9)12-7-6-2/h1H3,(H,8,9). The predicted octanol–water partition coefficient (Wildman–Crippen LogP) is 0.740. The van der Waals surface area contributed by atoms with Gasteiger partial charge in [0, 0.05) is 0 Å². The van der Waals surface area contributed by atoms with E-state index in [0.29, 0.717) is 11.5 Å². The molecule has 0 unspecified atom stereocenters. The summed E-state index contributed by atoms with van der Waals surface area (Å²) in [5.41, 5.74) is -0.0694. The summed E-state index contributed by atoms with van der Waals surface area (Å²) < 4.78 is 3.39. The van der Waals surface area contributed by atoms with Crippen molar-refractivity contribution in [2.24, 2.45) is 0 Å². The minimum Gasteiger partial charge on any atom is -0.477 e. The second-order valence-corrected chi connectivity index (χ2v) is 3.28. The average Bonchev–Trinajstić information content (AvgIpc) is 2.50. The molecule has 0 aromatic carbocycles. The summed E-state index contributed by atoms with van der Waals surface area (Å²) in [6, 6.07) is 0. The van der Waals surface area contributed by atoms with E-state index in [0.717, 1.165) is 11.8 Å². The number of hydrogen-bond acceptors (Lipinski definition) is 6. The van der Waals surface area contributed by atoms with Gasteiger partial charge in [-0.15, -0.1) is 5.10 Å². The van der Waals surface area contributed by atoms with Crippen LogP contribution in [0.2, 0.25) is 0 Å². The van der Waals surface area contributed by atoms with Crippen molar-refractivity contribution in [2.75, 3.05) is 6.26 Å². The van der Waals surface area contributed by atoms with Gasteiger partial charge in [-0.1, -0.05) is 16.3 Å². The molecule has 12 heavy (non-hydrogen) atoms. The molecule has 0 radical (unpaired) electrons. The first-order chi connectivity index (χ1) is 5.66. The van der Waals surface area contributed by atoms with E-state index in [-0.39, 0.29) is 15.7 Å². The fraction of sp³-hybridized carbons (Fsp3) is 0.200. The molecule has 0 amide bonds. The zero-order valence-electron chi connectivity index (χ0n) is 5.97. The maximum absolute atomic E-state index is 11.0. The highest BCUT2D eigenvalue weighted by Crippen LogP contribution is 2.15.